The fourth-order valence-corrected chi connectivity index (χ4v) is 3.10. The lowest BCUT2D eigenvalue weighted by molar-refractivity contribution is 0.242. The van der Waals surface area contributed by atoms with Gasteiger partial charge in [0, 0.05) is 18.3 Å². The Bertz CT molecular complexity index is 199. The third-order valence-corrected chi connectivity index (χ3v) is 3.91. The molecule has 1 fully saturated rings. The largest absolute Gasteiger partial charge is 0.313 e. The van der Waals surface area contributed by atoms with Gasteiger partial charge >= 0.3 is 0 Å². The number of hydrogen-bond donors (Lipinski definition) is 1. The van der Waals surface area contributed by atoms with E-state index >= 15 is 0 Å². The van der Waals surface area contributed by atoms with E-state index in [2.05, 4.69) is 25.1 Å². The van der Waals surface area contributed by atoms with Gasteiger partial charge in [0.05, 0.1) is 5.75 Å². The van der Waals surface area contributed by atoms with Crippen molar-refractivity contribution in [1.29, 1.82) is 0 Å². The molecule has 0 heterocycles. The van der Waals surface area contributed by atoms with Crippen LogP contribution in [0.2, 0.25) is 0 Å². The summed E-state index contributed by atoms with van der Waals surface area (Å²) in [6.45, 7) is 5.85. The molecule has 0 spiro atoms. The Kier molecular flexibility index (Phi) is 6.20. The SMILES string of the molecule is C#CCSCCNC1CC(C)CC(C)C1. The zero-order valence-corrected chi connectivity index (χ0v) is 10.8. The summed E-state index contributed by atoms with van der Waals surface area (Å²) >= 11 is 1.84. The quantitative estimate of drug-likeness (QED) is 0.570. The van der Waals surface area contributed by atoms with E-state index in [4.69, 9.17) is 6.42 Å². The molecule has 2 unspecified atom stereocenters. The standard InChI is InChI=1S/C13H23NS/c1-4-6-15-7-5-14-13-9-11(2)8-12(3)10-13/h1,11-14H,5-10H2,2-3H3. The number of hydrogen-bond acceptors (Lipinski definition) is 2. The maximum absolute atomic E-state index is 5.20. The smallest absolute Gasteiger partial charge is 0.0545 e. The first-order chi connectivity index (χ1) is 7.22. The number of nitrogens with one attached hydrogen (secondary N) is 1. The molecule has 1 rings (SSSR count). The highest BCUT2D eigenvalue weighted by molar-refractivity contribution is 7.99. The van der Waals surface area contributed by atoms with Crippen LogP contribution >= 0.6 is 11.8 Å². The molecule has 2 atom stereocenters. The lowest BCUT2D eigenvalue weighted by Gasteiger charge is -2.32. The molecule has 0 aliphatic heterocycles. The molecular weight excluding hydrogens is 202 g/mol. The molecule has 1 aliphatic rings. The molecule has 0 aromatic heterocycles. The zero-order chi connectivity index (χ0) is 11.1. The molecule has 2 heteroatoms. The zero-order valence-electron chi connectivity index (χ0n) is 9.96. The van der Waals surface area contributed by atoms with E-state index < -0.39 is 0 Å². The van der Waals surface area contributed by atoms with E-state index in [1.807, 2.05) is 11.8 Å². The molecule has 0 radical (unpaired) electrons. The minimum Gasteiger partial charge on any atom is -0.313 e. The summed E-state index contributed by atoms with van der Waals surface area (Å²) in [5.74, 6) is 6.43. The summed E-state index contributed by atoms with van der Waals surface area (Å²) < 4.78 is 0. The van der Waals surface area contributed by atoms with Crippen LogP contribution in [-0.2, 0) is 0 Å². The van der Waals surface area contributed by atoms with Crippen LogP contribution in [0.1, 0.15) is 33.1 Å². The second-order valence-corrected chi connectivity index (χ2v) is 5.93. The summed E-state index contributed by atoms with van der Waals surface area (Å²) in [6, 6.07) is 0.746. The van der Waals surface area contributed by atoms with Crippen molar-refractivity contribution in [3.63, 3.8) is 0 Å². The monoisotopic (exact) mass is 225 g/mol. The second-order valence-electron chi connectivity index (χ2n) is 4.83. The summed E-state index contributed by atoms with van der Waals surface area (Å²) in [5.41, 5.74) is 0. The Labute approximate surface area is 98.8 Å². The summed E-state index contributed by atoms with van der Waals surface area (Å²) in [5, 5.41) is 3.65. The Morgan fingerprint density at radius 1 is 1.27 bits per heavy atom. The minimum atomic E-state index is 0.746. The molecule has 1 aliphatic carbocycles. The Hall–Kier alpha value is -0.130. The minimum absolute atomic E-state index is 0.746. The van der Waals surface area contributed by atoms with E-state index in [0.29, 0.717) is 0 Å². The highest BCUT2D eigenvalue weighted by Crippen LogP contribution is 2.28. The summed E-state index contributed by atoms with van der Waals surface area (Å²) in [6.07, 6.45) is 9.31. The van der Waals surface area contributed by atoms with E-state index in [9.17, 15) is 0 Å². The molecule has 1 nitrogen and oxygen atoms in total. The first kappa shape index (κ1) is 12.9. The third kappa shape index (κ3) is 5.49. The van der Waals surface area contributed by atoms with Gasteiger partial charge < -0.3 is 5.32 Å². The molecule has 0 amide bonds. The lowest BCUT2D eigenvalue weighted by atomic mass is 9.80. The first-order valence-corrected chi connectivity index (χ1v) is 7.12. The van der Waals surface area contributed by atoms with Gasteiger partial charge in [-0.25, -0.2) is 0 Å². The second kappa shape index (κ2) is 7.19. The normalized spacial score (nSPS) is 31.1. The molecule has 86 valence electrons. The highest BCUT2D eigenvalue weighted by Gasteiger charge is 2.22. The maximum Gasteiger partial charge on any atom is 0.0545 e. The molecule has 0 bridgehead atoms. The third-order valence-electron chi connectivity index (χ3n) is 3.04. The van der Waals surface area contributed by atoms with Crippen molar-refractivity contribution in [2.75, 3.05) is 18.1 Å². The van der Waals surface area contributed by atoms with Gasteiger partial charge in [-0.2, -0.15) is 0 Å². The van der Waals surface area contributed by atoms with Crippen LogP contribution in [0.4, 0.5) is 0 Å². The van der Waals surface area contributed by atoms with Crippen molar-refractivity contribution in [1.82, 2.24) is 5.32 Å². The molecule has 15 heavy (non-hydrogen) atoms. The maximum atomic E-state index is 5.20. The van der Waals surface area contributed by atoms with Crippen molar-refractivity contribution < 1.29 is 0 Å². The van der Waals surface area contributed by atoms with Gasteiger partial charge in [0.15, 0.2) is 0 Å². The average molecular weight is 225 g/mol. The van der Waals surface area contributed by atoms with Crippen LogP contribution in [0.5, 0.6) is 0 Å². The number of terminal acetylenes is 1. The van der Waals surface area contributed by atoms with Crippen LogP contribution in [0, 0.1) is 24.2 Å². The molecule has 0 aromatic rings. The summed E-state index contributed by atoms with van der Waals surface area (Å²) in [7, 11) is 0. The van der Waals surface area contributed by atoms with E-state index in [0.717, 1.165) is 35.9 Å². The predicted octanol–water partition coefficient (Wildman–Crippen LogP) is 2.77. The van der Waals surface area contributed by atoms with Crippen LogP contribution in [-0.4, -0.2) is 24.1 Å². The Balaban J connectivity index is 2.08. The van der Waals surface area contributed by atoms with Crippen LogP contribution < -0.4 is 5.32 Å². The molecule has 1 saturated carbocycles. The molecule has 0 aromatic carbocycles. The molecule has 1 N–H and O–H groups in total. The van der Waals surface area contributed by atoms with E-state index in [1.165, 1.54) is 19.3 Å². The average Bonchev–Trinajstić information content (AvgIpc) is 2.16. The van der Waals surface area contributed by atoms with Crippen molar-refractivity contribution in [3.8, 4) is 12.3 Å². The highest BCUT2D eigenvalue weighted by atomic mass is 32.2. The fourth-order valence-electron chi connectivity index (χ4n) is 2.58. The van der Waals surface area contributed by atoms with Crippen molar-refractivity contribution in [3.05, 3.63) is 0 Å². The number of rotatable bonds is 5. The Morgan fingerprint density at radius 3 is 2.53 bits per heavy atom. The topological polar surface area (TPSA) is 12.0 Å². The van der Waals surface area contributed by atoms with Gasteiger partial charge in [0.1, 0.15) is 0 Å². The number of thioether (sulfide) groups is 1. The first-order valence-electron chi connectivity index (χ1n) is 5.97. The van der Waals surface area contributed by atoms with Crippen molar-refractivity contribution >= 4 is 11.8 Å². The van der Waals surface area contributed by atoms with E-state index in [1.54, 1.807) is 0 Å². The lowest BCUT2D eigenvalue weighted by Crippen LogP contribution is -2.37. The van der Waals surface area contributed by atoms with Gasteiger partial charge in [-0.1, -0.05) is 19.8 Å². The van der Waals surface area contributed by atoms with Crippen LogP contribution in [0.3, 0.4) is 0 Å². The fraction of sp³-hybridized carbons (Fsp3) is 0.846. The van der Waals surface area contributed by atoms with Gasteiger partial charge in [0.25, 0.3) is 0 Å². The van der Waals surface area contributed by atoms with Crippen LogP contribution in [0.15, 0.2) is 0 Å². The summed E-state index contributed by atoms with van der Waals surface area (Å²) in [4.78, 5) is 0. The van der Waals surface area contributed by atoms with Crippen molar-refractivity contribution in [2.24, 2.45) is 11.8 Å². The van der Waals surface area contributed by atoms with E-state index in [-0.39, 0.29) is 0 Å². The van der Waals surface area contributed by atoms with Gasteiger partial charge in [-0.3, -0.25) is 0 Å². The van der Waals surface area contributed by atoms with Gasteiger partial charge in [-0.15, -0.1) is 18.2 Å². The van der Waals surface area contributed by atoms with Gasteiger partial charge in [-0.05, 0) is 31.1 Å². The molecular formula is C13H23NS. The Morgan fingerprint density at radius 2 is 1.93 bits per heavy atom. The van der Waals surface area contributed by atoms with Crippen molar-refractivity contribution in [2.45, 2.75) is 39.2 Å². The molecule has 0 saturated heterocycles. The predicted molar refractivity (Wildman–Crippen MR) is 70.1 cm³/mol. The van der Waals surface area contributed by atoms with Crippen LogP contribution in [0.25, 0.3) is 0 Å². The van der Waals surface area contributed by atoms with Gasteiger partial charge in [0.2, 0.25) is 0 Å².